The summed E-state index contributed by atoms with van der Waals surface area (Å²) in [6.07, 6.45) is 3.14. The second kappa shape index (κ2) is 6.41. The maximum absolute atomic E-state index is 12.7. The molecule has 0 radical (unpaired) electrons. The Morgan fingerprint density at radius 2 is 1.92 bits per heavy atom. The fourth-order valence-electron chi connectivity index (χ4n) is 3.35. The maximum atomic E-state index is 12.7. The van der Waals surface area contributed by atoms with Crippen molar-refractivity contribution in [2.75, 3.05) is 0 Å². The van der Waals surface area contributed by atoms with E-state index in [0.717, 1.165) is 17.7 Å². The Hall–Kier alpha value is -2.12. The number of hydrogen-bond donors (Lipinski definition) is 3. The normalized spacial score (nSPS) is 21.0. The Labute approximate surface area is 141 Å². The van der Waals surface area contributed by atoms with Crippen LogP contribution in [0.4, 0.5) is 4.79 Å². The molecule has 0 aromatic carbocycles. The minimum Gasteiger partial charge on any atom is -0.481 e. The van der Waals surface area contributed by atoms with E-state index in [0.29, 0.717) is 12.8 Å². The summed E-state index contributed by atoms with van der Waals surface area (Å²) < 4.78 is 0. The third-order valence-electron chi connectivity index (χ3n) is 4.84. The Balaban J connectivity index is 2.03. The Bertz CT molecular complexity index is 566. The Kier molecular flexibility index (Phi) is 4.87. The molecule has 1 atom stereocenters. The Morgan fingerprint density at radius 3 is 2.46 bits per heavy atom. The minimum atomic E-state index is -0.943. The molecule has 1 saturated carbocycles. The molecule has 0 aromatic heterocycles. The summed E-state index contributed by atoms with van der Waals surface area (Å²) in [7, 11) is 0. The molecule has 1 saturated heterocycles. The highest BCUT2D eigenvalue weighted by Gasteiger charge is 2.54. The SMILES string of the molecule is CC(C(=O)NC(C)(C)CCC(=O)O)N1C(=O)NC2(CCCC2)C1=O. The molecule has 2 aliphatic rings. The number of carboxylic acids is 1. The highest BCUT2D eigenvalue weighted by Crippen LogP contribution is 2.35. The number of carbonyl (C=O) groups excluding carboxylic acids is 3. The molecule has 4 amide bonds. The van der Waals surface area contributed by atoms with Crippen molar-refractivity contribution in [3.05, 3.63) is 0 Å². The van der Waals surface area contributed by atoms with Gasteiger partial charge < -0.3 is 15.7 Å². The summed E-state index contributed by atoms with van der Waals surface area (Å²) in [5.74, 6) is -1.75. The smallest absolute Gasteiger partial charge is 0.325 e. The van der Waals surface area contributed by atoms with Crippen molar-refractivity contribution in [2.45, 2.75) is 76.4 Å². The lowest BCUT2D eigenvalue weighted by Crippen LogP contribution is -2.54. The molecular formula is C16H25N3O5. The summed E-state index contributed by atoms with van der Waals surface area (Å²) in [4.78, 5) is 49.0. The van der Waals surface area contributed by atoms with Crippen LogP contribution in [0.15, 0.2) is 0 Å². The largest absolute Gasteiger partial charge is 0.481 e. The highest BCUT2D eigenvalue weighted by atomic mass is 16.4. The molecule has 8 heteroatoms. The quantitative estimate of drug-likeness (QED) is 0.624. The summed E-state index contributed by atoms with van der Waals surface area (Å²) in [5, 5.41) is 14.2. The van der Waals surface area contributed by atoms with Crippen LogP contribution in [0, 0.1) is 0 Å². The molecule has 0 aromatic rings. The van der Waals surface area contributed by atoms with Gasteiger partial charge in [0.1, 0.15) is 11.6 Å². The van der Waals surface area contributed by atoms with Gasteiger partial charge in [-0.1, -0.05) is 12.8 Å². The number of nitrogens with one attached hydrogen (secondary N) is 2. The van der Waals surface area contributed by atoms with E-state index in [-0.39, 0.29) is 18.7 Å². The van der Waals surface area contributed by atoms with Crippen LogP contribution in [-0.2, 0) is 14.4 Å². The first-order chi connectivity index (χ1) is 11.1. The van der Waals surface area contributed by atoms with Gasteiger partial charge in [0.15, 0.2) is 0 Å². The molecule has 1 heterocycles. The fraction of sp³-hybridized carbons (Fsp3) is 0.750. The van der Waals surface area contributed by atoms with Gasteiger partial charge >= 0.3 is 12.0 Å². The van der Waals surface area contributed by atoms with Crippen molar-refractivity contribution in [2.24, 2.45) is 0 Å². The average Bonchev–Trinajstić information content (AvgIpc) is 3.03. The molecule has 1 spiro atoms. The van der Waals surface area contributed by atoms with E-state index in [1.54, 1.807) is 13.8 Å². The standard InChI is InChI=1S/C16H25N3O5/c1-10(12(22)17-15(2,3)9-6-11(20)21)19-13(23)16(18-14(19)24)7-4-5-8-16/h10H,4-9H2,1-3H3,(H,17,22)(H,18,24)(H,20,21). The van der Waals surface area contributed by atoms with Crippen molar-refractivity contribution in [1.29, 1.82) is 0 Å². The van der Waals surface area contributed by atoms with Gasteiger partial charge in [0.25, 0.3) is 5.91 Å². The van der Waals surface area contributed by atoms with Gasteiger partial charge in [-0.05, 0) is 40.0 Å². The van der Waals surface area contributed by atoms with Gasteiger partial charge in [0.2, 0.25) is 5.91 Å². The van der Waals surface area contributed by atoms with Gasteiger partial charge in [0, 0.05) is 12.0 Å². The van der Waals surface area contributed by atoms with E-state index in [1.807, 2.05) is 0 Å². The predicted octanol–water partition coefficient (Wildman–Crippen LogP) is 0.999. The number of carboxylic acid groups (broad SMARTS) is 1. The topological polar surface area (TPSA) is 116 Å². The monoisotopic (exact) mass is 339 g/mol. The van der Waals surface area contributed by atoms with E-state index >= 15 is 0 Å². The first-order valence-electron chi connectivity index (χ1n) is 8.28. The number of amides is 4. The van der Waals surface area contributed by atoms with E-state index in [9.17, 15) is 19.2 Å². The van der Waals surface area contributed by atoms with Crippen LogP contribution < -0.4 is 10.6 Å². The van der Waals surface area contributed by atoms with Crippen molar-refractivity contribution in [3.63, 3.8) is 0 Å². The molecule has 1 aliphatic carbocycles. The maximum Gasteiger partial charge on any atom is 0.325 e. The second-order valence-corrected chi connectivity index (χ2v) is 7.34. The third-order valence-corrected chi connectivity index (χ3v) is 4.84. The van der Waals surface area contributed by atoms with Crippen LogP contribution in [0.2, 0.25) is 0 Å². The van der Waals surface area contributed by atoms with Crippen LogP contribution in [0.5, 0.6) is 0 Å². The molecule has 2 rings (SSSR count). The summed E-state index contributed by atoms with van der Waals surface area (Å²) in [6, 6.07) is -1.48. The van der Waals surface area contributed by atoms with Crippen molar-refractivity contribution in [1.82, 2.24) is 15.5 Å². The molecule has 1 aliphatic heterocycles. The summed E-state index contributed by atoms with van der Waals surface area (Å²) in [6.45, 7) is 4.93. The first kappa shape index (κ1) is 18.2. The number of urea groups is 1. The van der Waals surface area contributed by atoms with Crippen LogP contribution in [-0.4, -0.2) is 50.9 Å². The average molecular weight is 339 g/mol. The lowest BCUT2D eigenvalue weighted by atomic mass is 9.96. The van der Waals surface area contributed by atoms with Crippen molar-refractivity contribution in [3.8, 4) is 0 Å². The Morgan fingerprint density at radius 1 is 1.33 bits per heavy atom. The number of imide groups is 1. The van der Waals surface area contributed by atoms with Gasteiger partial charge in [-0.3, -0.25) is 14.4 Å². The molecule has 134 valence electrons. The van der Waals surface area contributed by atoms with Gasteiger partial charge in [-0.2, -0.15) is 0 Å². The van der Waals surface area contributed by atoms with Crippen molar-refractivity contribution < 1.29 is 24.3 Å². The molecule has 1 unspecified atom stereocenters. The fourth-order valence-corrected chi connectivity index (χ4v) is 3.35. The van der Waals surface area contributed by atoms with Crippen molar-refractivity contribution >= 4 is 23.8 Å². The molecule has 3 N–H and O–H groups in total. The zero-order valence-corrected chi connectivity index (χ0v) is 14.3. The second-order valence-electron chi connectivity index (χ2n) is 7.34. The molecule has 2 fully saturated rings. The van der Waals surface area contributed by atoms with Gasteiger partial charge in [0.05, 0.1) is 0 Å². The summed E-state index contributed by atoms with van der Waals surface area (Å²) >= 11 is 0. The van der Waals surface area contributed by atoms with Crippen LogP contribution in [0.3, 0.4) is 0 Å². The van der Waals surface area contributed by atoms with E-state index in [2.05, 4.69) is 10.6 Å². The number of carbonyl (C=O) groups is 4. The molecule has 0 bridgehead atoms. The van der Waals surface area contributed by atoms with Crippen LogP contribution in [0.1, 0.15) is 59.3 Å². The lowest BCUT2D eigenvalue weighted by molar-refractivity contribution is -0.139. The number of nitrogens with zero attached hydrogens (tertiary/aromatic N) is 1. The summed E-state index contributed by atoms with van der Waals surface area (Å²) in [5.41, 5.74) is -1.58. The van der Waals surface area contributed by atoms with E-state index in [1.165, 1.54) is 6.92 Å². The number of rotatable bonds is 6. The molecule has 24 heavy (non-hydrogen) atoms. The minimum absolute atomic E-state index is 0.0755. The van der Waals surface area contributed by atoms with E-state index in [4.69, 9.17) is 5.11 Å². The first-order valence-corrected chi connectivity index (χ1v) is 8.28. The van der Waals surface area contributed by atoms with Crippen LogP contribution >= 0.6 is 0 Å². The number of aliphatic carboxylic acids is 1. The highest BCUT2D eigenvalue weighted by molar-refractivity contribution is 6.10. The zero-order chi connectivity index (χ0) is 18.1. The lowest BCUT2D eigenvalue weighted by Gasteiger charge is -2.30. The molecule has 8 nitrogen and oxygen atoms in total. The van der Waals surface area contributed by atoms with Gasteiger partial charge in [-0.15, -0.1) is 0 Å². The zero-order valence-electron chi connectivity index (χ0n) is 14.3. The number of hydrogen-bond acceptors (Lipinski definition) is 4. The van der Waals surface area contributed by atoms with Crippen LogP contribution in [0.25, 0.3) is 0 Å². The predicted molar refractivity (Wildman–Crippen MR) is 85.1 cm³/mol. The van der Waals surface area contributed by atoms with Gasteiger partial charge in [-0.25, -0.2) is 9.69 Å². The van der Waals surface area contributed by atoms with E-state index < -0.39 is 35.0 Å². The third kappa shape index (κ3) is 3.52. The molecular weight excluding hydrogens is 314 g/mol.